The van der Waals surface area contributed by atoms with Crippen molar-refractivity contribution in [3.05, 3.63) is 11.4 Å². The van der Waals surface area contributed by atoms with Gasteiger partial charge in [-0.05, 0) is 31.1 Å². The second kappa shape index (κ2) is 6.35. The van der Waals surface area contributed by atoms with E-state index in [2.05, 4.69) is 24.2 Å². The van der Waals surface area contributed by atoms with Gasteiger partial charge in [0.1, 0.15) is 0 Å². The molecule has 112 valence electrons. The maximum Gasteiger partial charge on any atom is 0.358 e. The van der Waals surface area contributed by atoms with Crippen LogP contribution in [0.2, 0.25) is 0 Å². The van der Waals surface area contributed by atoms with Crippen molar-refractivity contribution in [2.75, 3.05) is 13.7 Å². The van der Waals surface area contributed by atoms with Crippen molar-refractivity contribution in [3.8, 4) is 0 Å². The maximum atomic E-state index is 11.2. The van der Waals surface area contributed by atoms with Crippen LogP contribution in [0.1, 0.15) is 55.3 Å². The molecule has 3 atom stereocenters. The summed E-state index contributed by atoms with van der Waals surface area (Å²) in [5, 5.41) is 17.2. The van der Waals surface area contributed by atoms with E-state index >= 15 is 0 Å². The molecule has 6 nitrogen and oxygen atoms in total. The summed E-state index contributed by atoms with van der Waals surface area (Å²) < 4.78 is 6.89. The lowest BCUT2D eigenvalue weighted by Gasteiger charge is -2.32. The third-order valence-electron chi connectivity index (χ3n) is 4.45. The fraction of sp³-hybridized carbons (Fsp3) is 0.786. The molecule has 1 N–H and O–H groups in total. The van der Waals surface area contributed by atoms with Crippen LogP contribution in [-0.2, 0) is 11.2 Å². The summed E-state index contributed by atoms with van der Waals surface area (Å²) in [6.45, 7) is 5.00. The van der Waals surface area contributed by atoms with Crippen LogP contribution in [-0.4, -0.2) is 39.8 Å². The summed E-state index contributed by atoms with van der Waals surface area (Å²) >= 11 is 0. The van der Waals surface area contributed by atoms with Gasteiger partial charge in [-0.3, -0.25) is 0 Å². The average Bonchev–Trinajstić information content (AvgIpc) is 2.83. The zero-order valence-electron chi connectivity index (χ0n) is 12.4. The number of aromatic carboxylic acids is 1. The van der Waals surface area contributed by atoms with Gasteiger partial charge in [0.15, 0.2) is 5.69 Å². The molecule has 1 heterocycles. The first-order valence-corrected chi connectivity index (χ1v) is 7.20. The van der Waals surface area contributed by atoms with E-state index < -0.39 is 5.97 Å². The minimum Gasteiger partial charge on any atom is -0.476 e. The van der Waals surface area contributed by atoms with E-state index in [1.54, 1.807) is 7.11 Å². The third-order valence-corrected chi connectivity index (χ3v) is 4.45. The van der Waals surface area contributed by atoms with Crippen molar-refractivity contribution in [2.24, 2.45) is 11.8 Å². The van der Waals surface area contributed by atoms with Crippen LogP contribution in [0.4, 0.5) is 0 Å². The van der Waals surface area contributed by atoms with Gasteiger partial charge in [-0.1, -0.05) is 19.1 Å². The summed E-state index contributed by atoms with van der Waals surface area (Å²) in [5.41, 5.74) is 0.749. The van der Waals surface area contributed by atoms with Gasteiger partial charge in [0.25, 0.3) is 0 Å². The number of methoxy groups -OCH3 is 1. The fourth-order valence-corrected chi connectivity index (χ4v) is 2.95. The molecule has 1 saturated carbocycles. The highest BCUT2D eigenvalue weighted by molar-refractivity contribution is 5.86. The molecule has 2 rings (SSSR count). The van der Waals surface area contributed by atoms with Crippen LogP contribution in [0.25, 0.3) is 0 Å². The Morgan fingerprint density at radius 3 is 2.75 bits per heavy atom. The molecule has 0 radical (unpaired) electrons. The van der Waals surface area contributed by atoms with Crippen LogP contribution < -0.4 is 0 Å². The van der Waals surface area contributed by atoms with Crippen molar-refractivity contribution in [1.82, 2.24) is 15.0 Å². The zero-order chi connectivity index (χ0) is 14.7. The summed E-state index contributed by atoms with van der Waals surface area (Å²) in [7, 11) is 1.61. The number of ether oxygens (including phenoxy) is 1. The number of carboxylic acids is 1. The van der Waals surface area contributed by atoms with Crippen molar-refractivity contribution in [2.45, 2.75) is 45.6 Å². The Morgan fingerprint density at radius 2 is 2.15 bits per heavy atom. The number of carbonyl (C=O) groups is 1. The molecule has 0 bridgehead atoms. The number of hydrogen-bond acceptors (Lipinski definition) is 4. The van der Waals surface area contributed by atoms with Gasteiger partial charge in [0, 0.05) is 13.5 Å². The van der Waals surface area contributed by atoms with Crippen molar-refractivity contribution in [3.63, 3.8) is 0 Å². The molecule has 0 spiro atoms. The topological polar surface area (TPSA) is 77.2 Å². The molecule has 1 fully saturated rings. The van der Waals surface area contributed by atoms with Crippen LogP contribution in [0, 0.1) is 11.8 Å². The largest absolute Gasteiger partial charge is 0.476 e. The molecule has 0 aromatic carbocycles. The van der Waals surface area contributed by atoms with Gasteiger partial charge >= 0.3 is 5.97 Å². The summed E-state index contributed by atoms with van der Waals surface area (Å²) in [5.74, 6) is 0.331. The van der Waals surface area contributed by atoms with E-state index in [1.807, 2.05) is 4.68 Å². The second-order valence-corrected chi connectivity index (χ2v) is 5.80. The van der Waals surface area contributed by atoms with E-state index in [0.29, 0.717) is 24.6 Å². The molecule has 1 aromatic rings. The quantitative estimate of drug-likeness (QED) is 0.895. The predicted molar refractivity (Wildman–Crippen MR) is 73.8 cm³/mol. The van der Waals surface area contributed by atoms with Gasteiger partial charge in [0.2, 0.25) is 0 Å². The van der Waals surface area contributed by atoms with Crippen LogP contribution in [0.5, 0.6) is 0 Å². The lowest BCUT2D eigenvalue weighted by molar-refractivity contribution is 0.0688. The normalized spacial score (nSPS) is 26.6. The Hall–Kier alpha value is -1.43. The van der Waals surface area contributed by atoms with Crippen LogP contribution in [0.3, 0.4) is 0 Å². The van der Waals surface area contributed by atoms with Gasteiger partial charge in [-0.15, -0.1) is 5.10 Å². The van der Waals surface area contributed by atoms with Crippen LogP contribution in [0.15, 0.2) is 0 Å². The summed E-state index contributed by atoms with van der Waals surface area (Å²) in [4.78, 5) is 11.2. The average molecular weight is 281 g/mol. The lowest BCUT2D eigenvalue weighted by atomic mass is 9.79. The first-order chi connectivity index (χ1) is 9.54. The Labute approximate surface area is 119 Å². The minimum absolute atomic E-state index is 0.0633. The van der Waals surface area contributed by atoms with Gasteiger partial charge < -0.3 is 9.84 Å². The van der Waals surface area contributed by atoms with E-state index in [0.717, 1.165) is 25.2 Å². The molecule has 1 aliphatic rings. The highest BCUT2D eigenvalue weighted by Crippen LogP contribution is 2.36. The Morgan fingerprint density at radius 1 is 1.40 bits per heavy atom. The minimum atomic E-state index is -1.01. The molecular formula is C14H23N3O3. The first kappa shape index (κ1) is 15.0. The molecule has 0 amide bonds. The molecular weight excluding hydrogens is 258 g/mol. The fourth-order valence-electron chi connectivity index (χ4n) is 2.95. The number of rotatable bonds is 5. The number of aromatic nitrogens is 3. The second-order valence-electron chi connectivity index (χ2n) is 5.80. The third kappa shape index (κ3) is 3.00. The molecule has 0 saturated heterocycles. The Bertz CT molecular complexity index is 472. The highest BCUT2D eigenvalue weighted by atomic mass is 16.5. The molecule has 1 aliphatic carbocycles. The Balaban J connectivity index is 2.24. The molecule has 1 aromatic heterocycles. The van der Waals surface area contributed by atoms with Gasteiger partial charge in [-0.25, -0.2) is 9.48 Å². The highest BCUT2D eigenvalue weighted by Gasteiger charge is 2.29. The SMILES string of the molecule is COCCc1c(C(=O)O)nnn1C1CCC(C)C(C)C1. The number of nitrogens with zero attached hydrogens (tertiary/aromatic N) is 3. The monoisotopic (exact) mass is 281 g/mol. The van der Waals surface area contributed by atoms with E-state index in [-0.39, 0.29) is 11.7 Å². The van der Waals surface area contributed by atoms with Crippen molar-refractivity contribution in [1.29, 1.82) is 0 Å². The molecule has 6 heteroatoms. The van der Waals surface area contributed by atoms with E-state index in [4.69, 9.17) is 4.74 Å². The summed E-state index contributed by atoms with van der Waals surface area (Å²) in [6, 6.07) is 0.258. The molecule has 0 aliphatic heterocycles. The van der Waals surface area contributed by atoms with E-state index in [9.17, 15) is 9.90 Å². The first-order valence-electron chi connectivity index (χ1n) is 7.20. The van der Waals surface area contributed by atoms with Gasteiger partial charge in [0.05, 0.1) is 18.3 Å². The molecule has 3 unspecified atom stereocenters. The van der Waals surface area contributed by atoms with Gasteiger partial charge in [-0.2, -0.15) is 0 Å². The van der Waals surface area contributed by atoms with Crippen molar-refractivity contribution >= 4 is 5.97 Å². The molecule has 20 heavy (non-hydrogen) atoms. The predicted octanol–water partition coefficient (Wildman–Crippen LogP) is 2.16. The number of carboxylic acid groups (broad SMARTS) is 1. The Kier molecular flexibility index (Phi) is 4.75. The van der Waals surface area contributed by atoms with Crippen LogP contribution >= 0.6 is 0 Å². The zero-order valence-corrected chi connectivity index (χ0v) is 12.4. The standard InChI is InChI=1S/C14H23N3O3/c1-9-4-5-11(8-10(9)2)17-12(6-7-20-3)13(14(18)19)15-16-17/h9-11H,4-8H2,1-3H3,(H,18,19). The number of hydrogen-bond donors (Lipinski definition) is 1. The van der Waals surface area contributed by atoms with E-state index in [1.165, 1.54) is 0 Å². The maximum absolute atomic E-state index is 11.2. The smallest absolute Gasteiger partial charge is 0.358 e. The summed E-state index contributed by atoms with van der Waals surface area (Å²) in [6.07, 6.45) is 3.75. The lowest BCUT2D eigenvalue weighted by Crippen LogP contribution is -2.25. The van der Waals surface area contributed by atoms with Crippen molar-refractivity contribution < 1.29 is 14.6 Å².